The summed E-state index contributed by atoms with van der Waals surface area (Å²) in [5, 5.41) is 0. The van der Waals surface area contributed by atoms with E-state index in [9.17, 15) is 4.79 Å². The molecule has 0 aliphatic rings. The van der Waals surface area contributed by atoms with E-state index in [1.165, 1.54) is 0 Å². The van der Waals surface area contributed by atoms with E-state index in [4.69, 9.17) is 14.2 Å². The van der Waals surface area contributed by atoms with Crippen molar-refractivity contribution < 1.29 is 19.0 Å². The largest absolute Gasteiger partial charge is 0.497 e. The molecule has 0 saturated heterocycles. The summed E-state index contributed by atoms with van der Waals surface area (Å²) in [5.41, 5.74) is 5.59. The van der Waals surface area contributed by atoms with E-state index in [2.05, 4.69) is 10.9 Å². The number of nitrogens with one attached hydrogen (secondary N) is 2. The standard InChI is InChI=1S/C14H22N2O4/c1-14(2,3)20-13(17)16-15-9-10-8-11(18-4)6-7-12(10)19-5/h6-8,15H,9H2,1-5H3,(H,16,17). The zero-order chi connectivity index (χ0) is 15.2. The molecule has 0 radical (unpaired) electrons. The van der Waals surface area contributed by atoms with Gasteiger partial charge in [-0.05, 0) is 39.0 Å². The Morgan fingerprint density at radius 1 is 1.20 bits per heavy atom. The predicted molar refractivity (Wildman–Crippen MR) is 75.8 cm³/mol. The van der Waals surface area contributed by atoms with Crippen LogP contribution >= 0.6 is 0 Å². The number of carbonyl (C=O) groups is 1. The molecule has 0 unspecified atom stereocenters. The summed E-state index contributed by atoms with van der Waals surface area (Å²) in [4.78, 5) is 11.5. The van der Waals surface area contributed by atoms with Crippen molar-refractivity contribution in [3.8, 4) is 11.5 Å². The first-order chi connectivity index (χ1) is 9.35. The number of rotatable bonds is 5. The molecule has 6 heteroatoms. The van der Waals surface area contributed by atoms with Crippen molar-refractivity contribution in [3.63, 3.8) is 0 Å². The van der Waals surface area contributed by atoms with Crippen molar-refractivity contribution in [2.45, 2.75) is 32.9 Å². The van der Waals surface area contributed by atoms with Crippen LogP contribution in [0.2, 0.25) is 0 Å². The van der Waals surface area contributed by atoms with Crippen LogP contribution in [-0.2, 0) is 11.3 Å². The SMILES string of the molecule is COc1ccc(OC)c(CNNC(=O)OC(C)(C)C)c1. The number of ether oxygens (including phenoxy) is 3. The monoisotopic (exact) mass is 282 g/mol. The van der Waals surface area contributed by atoms with Gasteiger partial charge in [-0.1, -0.05) is 0 Å². The first-order valence-electron chi connectivity index (χ1n) is 6.28. The minimum absolute atomic E-state index is 0.389. The molecule has 6 nitrogen and oxygen atoms in total. The Kier molecular flexibility index (Phi) is 5.64. The molecule has 0 aliphatic carbocycles. The molecule has 0 aromatic heterocycles. The van der Waals surface area contributed by atoms with E-state index in [1.807, 2.05) is 18.2 Å². The second-order valence-corrected chi connectivity index (χ2v) is 5.16. The van der Waals surface area contributed by atoms with Gasteiger partial charge in [0, 0.05) is 12.1 Å². The summed E-state index contributed by atoms with van der Waals surface area (Å²) in [6, 6.07) is 5.45. The second kappa shape index (κ2) is 7.00. The van der Waals surface area contributed by atoms with E-state index in [1.54, 1.807) is 35.0 Å². The third-order valence-electron chi connectivity index (χ3n) is 2.36. The quantitative estimate of drug-likeness (QED) is 0.811. The van der Waals surface area contributed by atoms with Crippen LogP contribution < -0.4 is 20.3 Å². The van der Waals surface area contributed by atoms with Crippen LogP contribution in [0, 0.1) is 0 Å². The number of hydrogen-bond acceptors (Lipinski definition) is 5. The van der Waals surface area contributed by atoms with Crippen molar-refractivity contribution >= 4 is 6.09 Å². The van der Waals surface area contributed by atoms with Gasteiger partial charge in [-0.25, -0.2) is 10.2 Å². The molecule has 0 bridgehead atoms. The first kappa shape index (κ1) is 16.1. The van der Waals surface area contributed by atoms with Gasteiger partial charge in [-0.2, -0.15) is 0 Å². The summed E-state index contributed by atoms with van der Waals surface area (Å²) in [6.07, 6.45) is -0.528. The normalized spacial score (nSPS) is 10.8. The third-order valence-corrected chi connectivity index (χ3v) is 2.36. The molecule has 0 spiro atoms. The average Bonchev–Trinajstić information content (AvgIpc) is 2.36. The van der Waals surface area contributed by atoms with Crippen LogP contribution in [0.25, 0.3) is 0 Å². The minimum Gasteiger partial charge on any atom is -0.497 e. The maximum Gasteiger partial charge on any atom is 0.422 e. The maximum atomic E-state index is 11.5. The average molecular weight is 282 g/mol. The molecule has 0 aliphatic heterocycles. The Morgan fingerprint density at radius 3 is 2.45 bits per heavy atom. The van der Waals surface area contributed by atoms with E-state index in [-0.39, 0.29) is 0 Å². The molecule has 1 amide bonds. The van der Waals surface area contributed by atoms with Crippen molar-refractivity contribution in [2.75, 3.05) is 14.2 Å². The molecule has 1 aromatic carbocycles. The first-order valence-corrected chi connectivity index (χ1v) is 6.28. The van der Waals surface area contributed by atoms with Crippen molar-refractivity contribution in [1.82, 2.24) is 10.9 Å². The Bertz CT molecular complexity index is 455. The number of amides is 1. The summed E-state index contributed by atoms with van der Waals surface area (Å²) in [5.74, 6) is 1.43. The second-order valence-electron chi connectivity index (χ2n) is 5.16. The van der Waals surface area contributed by atoms with Gasteiger partial charge in [0.1, 0.15) is 17.1 Å². The van der Waals surface area contributed by atoms with Gasteiger partial charge < -0.3 is 14.2 Å². The van der Waals surface area contributed by atoms with Crippen molar-refractivity contribution in [1.29, 1.82) is 0 Å². The van der Waals surface area contributed by atoms with Crippen LogP contribution in [0.5, 0.6) is 11.5 Å². The summed E-state index contributed by atoms with van der Waals surface area (Å²) in [7, 11) is 3.19. The smallest absolute Gasteiger partial charge is 0.422 e. The molecule has 0 atom stereocenters. The van der Waals surface area contributed by atoms with Crippen molar-refractivity contribution in [3.05, 3.63) is 23.8 Å². The molecule has 0 saturated carbocycles. The molecule has 2 N–H and O–H groups in total. The van der Waals surface area contributed by atoms with Crippen LogP contribution in [0.3, 0.4) is 0 Å². The number of hydrogen-bond donors (Lipinski definition) is 2. The lowest BCUT2D eigenvalue weighted by atomic mass is 10.2. The van der Waals surface area contributed by atoms with Crippen LogP contribution in [0.1, 0.15) is 26.3 Å². The molecule has 0 fully saturated rings. The van der Waals surface area contributed by atoms with Gasteiger partial charge in [-0.15, -0.1) is 0 Å². The molecular formula is C14H22N2O4. The van der Waals surface area contributed by atoms with Crippen LogP contribution in [0.15, 0.2) is 18.2 Å². The lowest BCUT2D eigenvalue weighted by molar-refractivity contribution is 0.0497. The number of hydrazine groups is 1. The fourth-order valence-electron chi connectivity index (χ4n) is 1.54. The predicted octanol–water partition coefficient (Wildman–Crippen LogP) is 2.23. The highest BCUT2D eigenvalue weighted by Crippen LogP contribution is 2.23. The van der Waals surface area contributed by atoms with Gasteiger partial charge in [0.25, 0.3) is 0 Å². The Balaban J connectivity index is 2.55. The van der Waals surface area contributed by atoms with E-state index < -0.39 is 11.7 Å². The van der Waals surface area contributed by atoms with Gasteiger partial charge in [0.05, 0.1) is 14.2 Å². The molecule has 20 heavy (non-hydrogen) atoms. The summed E-state index contributed by atoms with van der Waals surface area (Å²) < 4.78 is 15.5. The number of carbonyl (C=O) groups excluding carboxylic acids is 1. The van der Waals surface area contributed by atoms with Gasteiger partial charge in [0.2, 0.25) is 0 Å². The van der Waals surface area contributed by atoms with Gasteiger partial charge in [-0.3, -0.25) is 5.43 Å². The highest BCUT2D eigenvalue weighted by Gasteiger charge is 2.15. The fourth-order valence-corrected chi connectivity index (χ4v) is 1.54. The van der Waals surface area contributed by atoms with E-state index >= 15 is 0 Å². The van der Waals surface area contributed by atoms with Crippen LogP contribution in [-0.4, -0.2) is 25.9 Å². The molecular weight excluding hydrogens is 260 g/mol. The number of benzene rings is 1. The van der Waals surface area contributed by atoms with E-state index in [0.717, 1.165) is 11.3 Å². The summed E-state index contributed by atoms with van der Waals surface area (Å²) >= 11 is 0. The molecule has 0 heterocycles. The molecule has 1 rings (SSSR count). The Labute approximate surface area is 119 Å². The Morgan fingerprint density at radius 2 is 1.90 bits per heavy atom. The lowest BCUT2D eigenvalue weighted by Crippen LogP contribution is -2.40. The molecule has 112 valence electrons. The zero-order valence-corrected chi connectivity index (χ0v) is 12.6. The maximum absolute atomic E-state index is 11.5. The molecule has 1 aromatic rings. The van der Waals surface area contributed by atoms with Crippen LogP contribution in [0.4, 0.5) is 4.79 Å². The third kappa shape index (κ3) is 5.36. The fraction of sp³-hybridized carbons (Fsp3) is 0.500. The highest BCUT2D eigenvalue weighted by molar-refractivity contribution is 5.67. The number of methoxy groups -OCH3 is 2. The summed E-state index contributed by atoms with van der Waals surface area (Å²) in [6.45, 7) is 5.80. The van der Waals surface area contributed by atoms with Crippen molar-refractivity contribution in [2.24, 2.45) is 0 Å². The zero-order valence-electron chi connectivity index (χ0n) is 12.6. The van der Waals surface area contributed by atoms with E-state index in [0.29, 0.717) is 12.3 Å². The topological polar surface area (TPSA) is 68.8 Å². The minimum atomic E-state index is -0.528. The van der Waals surface area contributed by atoms with Gasteiger partial charge >= 0.3 is 6.09 Å². The van der Waals surface area contributed by atoms with Gasteiger partial charge in [0.15, 0.2) is 0 Å². The highest BCUT2D eigenvalue weighted by atomic mass is 16.6. The Hall–Kier alpha value is -1.95. The lowest BCUT2D eigenvalue weighted by Gasteiger charge is -2.20.